The molecule has 0 radical (unpaired) electrons. The maximum atomic E-state index is 12.9. The van der Waals surface area contributed by atoms with Gasteiger partial charge in [-0.15, -0.1) is 0 Å². The molecule has 0 aromatic carbocycles. The van der Waals surface area contributed by atoms with Crippen LogP contribution in [0.5, 0.6) is 0 Å². The van der Waals surface area contributed by atoms with Crippen molar-refractivity contribution in [3.63, 3.8) is 0 Å². The molecule has 1 rings (SSSR count). The Balaban J connectivity index is 2.85. The molecular formula is C11H15ClF2N4O. The van der Waals surface area contributed by atoms with Gasteiger partial charge in [-0.25, -0.2) is 18.7 Å². The minimum atomic E-state index is -3.16. The summed E-state index contributed by atoms with van der Waals surface area (Å²) in [5.74, 6) is -3.52. The molecule has 0 aliphatic rings. The smallest absolute Gasteiger partial charge is 0.277 e. The van der Waals surface area contributed by atoms with Crippen LogP contribution in [0, 0.1) is 0 Å². The summed E-state index contributed by atoms with van der Waals surface area (Å²) in [7, 11) is 0. The van der Waals surface area contributed by atoms with Crippen molar-refractivity contribution in [2.24, 2.45) is 5.73 Å². The summed E-state index contributed by atoms with van der Waals surface area (Å²) in [6.07, 6.45) is 1.28. The molecule has 8 heteroatoms. The van der Waals surface area contributed by atoms with Gasteiger partial charge in [-0.2, -0.15) is 0 Å². The number of carbonyl (C=O) groups excluding carboxylic acids is 1. The number of carbonyl (C=O) groups is 1. The first-order chi connectivity index (χ1) is 8.76. The summed E-state index contributed by atoms with van der Waals surface area (Å²) in [6.45, 7) is 1.97. The third-order valence-corrected chi connectivity index (χ3v) is 2.58. The van der Waals surface area contributed by atoms with Crippen LogP contribution in [-0.2, 0) is 0 Å². The molecule has 0 saturated heterocycles. The van der Waals surface area contributed by atoms with Gasteiger partial charge in [0.05, 0.1) is 24.3 Å². The van der Waals surface area contributed by atoms with Gasteiger partial charge in [0.25, 0.3) is 11.8 Å². The van der Waals surface area contributed by atoms with Crippen LogP contribution in [0.15, 0.2) is 6.20 Å². The van der Waals surface area contributed by atoms with E-state index in [1.807, 2.05) is 13.8 Å². The summed E-state index contributed by atoms with van der Waals surface area (Å²) in [5.41, 5.74) is 4.75. The van der Waals surface area contributed by atoms with Crippen molar-refractivity contribution < 1.29 is 13.6 Å². The molecule has 1 amide bonds. The van der Waals surface area contributed by atoms with Crippen LogP contribution in [0.4, 0.5) is 8.78 Å². The van der Waals surface area contributed by atoms with E-state index < -0.39 is 24.9 Å². The molecule has 0 aliphatic heterocycles. The average molecular weight is 293 g/mol. The summed E-state index contributed by atoms with van der Waals surface area (Å²) < 4.78 is 25.9. The van der Waals surface area contributed by atoms with Crippen molar-refractivity contribution in [1.29, 1.82) is 0 Å². The lowest BCUT2D eigenvalue weighted by atomic mass is 10.2. The van der Waals surface area contributed by atoms with E-state index in [4.69, 9.17) is 17.3 Å². The molecule has 0 fully saturated rings. The van der Waals surface area contributed by atoms with E-state index in [1.165, 1.54) is 6.20 Å². The van der Waals surface area contributed by atoms with Gasteiger partial charge >= 0.3 is 0 Å². The molecule has 19 heavy (non-hydrogen) atoms. The maximum Gasteiger partial charge on any atom is 0.277 e. The van der Waals surface area contributed by atoms with Crippen molar-refractivity contribution in [1.82, 2.24) is 15.3 Å². The van der Waals surface area contributed by atoms with E-state index in [0.29, 0.717) is 5.82 Å². The largest absolute Gasteiger partial charge is 0.345 e. The molecule has 0 spiro atoms. The van der Waals surface area contributed by atoms with Crippen molar-refractivity contribution in [2.45, 2.75) is 25.7 Å². The van der Waals surface area contributed by atoms with Gasteiger partial charge in [-0.05, 0) is 0 Å². The molecule has 3 N–H and O–H groups in total. The summed E-state index contributed by atoms with van der Waals surface area (Å²) >= 11 is 5.78. The van der Waals surface area contributed by atoms with Crippen LogP contribution in [0.1, 0.15) is 36.1 Å². The Morgan fingerprint density at radius 3 is 2.74 bits per heavy atom. The molecule has 0 saturated carbocycles. The van der Waals surface area contributed by atoms with Gasteiger partial charge in [0.2, 0.25) is 0 Å². The van der Waals surface area contributed by atoms with Crippen molar-refractivity contribution >= 4 is 17.5 Å². The molecule has 5 nitrogen and oxygen atoms in total. The number of nitrogens with one attached hydrogen (secondary N) is 1. The molecule has 0 bridgehead atoms. The summed E-state index contributed by atoms with van der Waals surface area (Å²) in [6, 6.07) is 0. The van der Waals surface area contributed by atoms with E-state index in [-0.39, 0.29) is 16.6 Å². The molecule has 0 atom stereocenters. The second kappa shape index (κ2) is 6.21. The predicted octanol–water partition coefficient (Wildman–Crippen LogP) is 1.58. The second-order valence-electron chi connectivity index (χ2n) is 4.32. The highest BCUT2D eigenvalue weighted by atomic mass is 35.5. The van der Waals surface area contributed by atoms with E-state index in [0.717, 1.165) is 0 Å². The molecule has 106 valence electrons. The van der Waals surface area contributed by atoms with Crippen LogP contribution in [-0.4, -0.2) is 34.9 Å². The Hall–Kier alpha value is -1.34. The maximum absolute atomic E-state index is 12.9. The fourth-order valence-electron chi connectivity index (χ4n) is 1.18. The molecule has 1 aromatic rings. The molecule has 0 unspecified atom stereocenters. The van der Waals surface area contributed by atoms with E-state index in [9.17, 15) is 13.6 Å². The van der Waals surface area contributed by atoms with Crippen LogP contribution < -0.4 is 11.1 Å². The minimum absolute atomic E-state index is 0.00528. The number of hydrogen-bond acceptors (Lipinski definition) is 4. The highest BCUT2D eigenvalue weighted by molar-refractivity contribution is 6.33. The lowest BCUT2D eigenvalue weighted by molar-refractivity contribution is 0.0118. The first-order valence-electron chi connectivity index (χ1n) is 5.65. The number of halogens is 3. The number of rotatable bonds is 5. The van der Waals surface area contributed by atoms with Crippen molar-refractivity contribution in [3.05, 3.63) is 22.7 Å². The molecular weight excluding hydrogens is 278 g/mol. The van der Waals surface area contributed by atoms with Gasteiger partial charge in [0, 0.05) is 5.92 Å². The zero-order valence-corrected chi connectivity index (χ0v) is 11.3. The SMILES string of the molecule is CC(C)c1ncc(Cl)c(C(=O)NCC(F)(F)CN)n1. The highest BCUT2D eigenvalue weighted by Gasteiger charge is 2.28. The zero-order chi connectivity index (χ0) is 14.6. The number of nitrogens with zero attached hydrogens (tertiary/aromatic N) is 2. The minimum Gasteiger partial charge on any atom is -0.345 e. The number of hydrogen-bond donors (Lipinski definition) is 2. The monoisotopic (exact) mass is 292 g/mol. The first-order valence-corrected chi connectivity index (χ1v) is 6.03. The fourth-order valence-corrected chi connectivity index (χ4v) is 1.36. The Bertz CT molecular complexity index is 468. The van der Waals surface area contributed by atoms with Crippen molar-refractivity contribution in [2.75, 3.05) is 13.1 Å². The first kappa shape index (κ1) is 15.7. The van der Waals surface area contributed by atoms with Gasteiger partial charge in [-0.3, -0.25) is 4.79 Å². The van der Waals surface area contributed by atoms with Crippen LogP contribution in [0.3, 0.4) is 0 Å². The van der Waals surface area contributed by atoms with Crippen LogP contribution >= 0.6 is 11.6 Å². The quantitative estimate of drug-likeness (QED) is 0.863. The Morgan fingerprint density at radius 2 is 2.21 bits per heavy atom. The molecule has 1 heterocycles. The number of aromatic nitrogens is 2. The van der Waals surface area contributed by atoms with Crippen LogP contribution in [0.2, 0.25) is 5.02 Å². The third kappa shape index (κ3) is 4.36. The van der Waals surface area contributed by atoms with Gasteiger partial charge in [0.15, 0.2) is 0 Å². The highest BCUT2D eigenvalue weighted by Crippen LogP contribution is 2.16. The summed E-state index contributed by atoms with van der Waals surface area (Å²) in [5, 5.41) is 2.07. The number of alkyl halides is 2. The zero-order valence-electron chi connectivity index (χ0n) is 10.6. The number of nitrogens with two attached hydrogens (primary N) is 1. The van der Waals surface area contributed by atoms with Crippen LogP contribution in [0.25, 0.3) is 0 Å². The van der Waals surface area contributed by atoms with E-state index in [1.54, 1.807) is 0 Å². The van der Waals surface area contributed by atoms with Gasteiger partial charge in [-0.1, -0.05) is 25.4 Å². The summed E-state index contributed by atoms with van der Waals surface area (Å²) in [4.78, 5) is 19.7. The predicted molar refractivity (Wildman–Crippen MR) is 67.5 cm³/mol. The fraction of sp³-hybridized carbons (Fsp3) is 0.545. The Morgan fingerprint density at radius 1 is 1.58 bits per heavy atom. The number of amides is 1. The lowest BCUT2D eigenvalue weighted by Crippen LogP contribution is -2.41. The molecule has 1 aromatic heterocycles. The Labute approximate surface area is 114 Å². The van der Waals surface area contributed by atoms with Crippen molar-refractivity contribution in [3.8, 4) is 0 Å². The van der Waals surface area contributed by atoms with E-state index in [2.05, 4.69) is 15.3 Å². The standard InChI is InChI=1S/C11H15ClF2N4O/c1-6(2)9-16-3-7(12)8(18-9)10(19)17-5-11(13,14)4-15/h3,6H,4-5,15H2,1-2H3,(H,17,19). The average Bonchev–Trinajstić information content (AvgIpc) is 2.36. The van der Waals surface area contributed by atoms with E-state index >= 15 is 0 Å². The van der Waals surface area contributed by atoms with Gasteiger partial charge < -0.3 is 11.1 Å². The Kier molecular flexibility index (Phi) is 5.13. The third-order valence-electron chi connectivity index (χ3n) is 2.30. The topological polar surface area (TPSA) is 80.9 Å². The van der Waals surface area contributed by atoms with Gasteiger partial charge in [0.1, 0.15) is 11.5 Å². The second-order valence-corrected chi connectivity index (χ2v) is 4.73. The molecule has 0 aliphatic carbocycles. The normalized spacial score (nSPS) is 11.7. The lowest BCUT2D eigenvalue weighted by Gasteiger charge is -2.15.